The first-order valence-corrected chi connectivity index (χ1v) is 8.90. The standard InChI is InChI=1S/C21H35NO2/c1-14(2)17-11-10-15(3)12-18(17)24-16(4)19(23)22-21(8,9)13-20(5,6)7/h10-12,14,16H,13H2,1-9H3,(H,22,23)/t16-/m1/s1. The molecule has 0 aliphatic heterocycles. The van der Waals surface area contributed by atoms with E-state index < -0.39 is 6.10 Å². The Morgan fingerprint density at radius 2 is 1.71 bits per heavy atom. The van der Waals surface area contributed by atoms with E-state index in [0.29, 0.717) is 5.92 Å². The molecule has 0 radical (unpaired) electrons. The molecule has 24 heavy (non-hydrogen) atoms. The lowest BCUT2D eigenvalue weighted by molar-refractivity contribution is -0.129. The van der Waals surface area contributed by atoms with Crippen LogP contribution in [0.4, 0.5) is 0 Å². The van der Waals surface area contributed by atoms with Gasteiger partial charge in [0.15, 0.2) is 6.10 Å². The van der Waals surface area contributed by atoms with Crippen molar-refractivity contribution >= 4 is 5.91 Å². The van der Waals surface area contributed by atoms with Gasteiger partial charge in [0.05, 0.1) is 0 Å². The van der Waals surface area contributed by atoms with Crippen molar-refractivity contribution in [1.29, 1.82) is 0 Å². The molecule has 0 bridgehead atoms. The summed E-state index contributed by atoms with van der Waals surface area (Å²) < 4.78 is 6.01. The van der Waals surface area contributed by atoms with Crippen LogP contribution in [0.15, 0.2) is 18.2 Å². The number of benzene rings is 1. The van der Waals surface area contributed by atoms with E-state index in [1.165, 1.54) is 0 Å². The Kier molecular flexibility index (Phi) is 6.49. The van der Waals surface area contributed by atoms with Crippen LogP contribution >= 0.6 is 0 Å². The number of ether oxygens (including phenoxy) is 1. The molecule has 136 valence electrons. The molecule has 3 heteroatoms. The number of nitrogens with one attached hydrogen (secondary N) is 1. The molecule has 0 heterocycles. The number of hydrogen-bond acceptors (Lipinski definition) is 2. The van der Waals surface area contributed by atoms with Crippen LogP contribution in [-0.2, 0) is 4.79 Å². The largest absolute Gasteiger partial charge is 0.481 e. The van der Waals surface area contributed by atoms with Crippen LogP contribution in [0.3, 0.4) is 0 Å². The van der Waals surface area contributed by atoms with E-state index in [2.05, 4.69) is 65.9 Å². The van der Waals surface area contributed by atoms with Crippen molar-refractivity contribution in [3.05, 3.63) is 29.3 Å². The minimum absolute atomic E-state index is 0.0690. The Morgan fingerprint density at radius 1 is 1.12 bits per heavy atom. The van der Waals surface area contributed by atoms with E-state index in [9.17, 15) is 4.79 Å². The molecular formula is C21H35NO2. The molecule has 3 nitrogen and oxygen atoms in total. The maximum absolute atomic E-state index is 12.6. The van der Waals surface area contributed by atoms with Crippen LogP contribution in [0.1, 0.15) is 78.9 Å². The lowest BCUT2D eigenvalue weighted by Crippen LogP contribution is -2.50. The van der Waals surface area contributed by atoms with Crippen molar-refractivity contribution in [3.8, 4) is 5.75 Å². The minimum atomic E-state index is -0.524. The Hall–Kier alpha value is -1.51. The first-order valence-electron chi connectivity index (χ1n) is 8.90. The van der Waals surface area contributed by atoms with Gasteiger partial charge in [-0.3, -0.25) is 4.79 Å². The predicted molar refractivity (Wildman–Crippen MR) is 102 cm³/mol. The molecule has 0 saturated heterocycles. The van der Waals surface area contributed by atoms with Crippen LogP contribution in [0, 0.1) is 12.3 Å². The van der Waals surface area contributed by atoms with Crippen molar-refractivity contribution in [3.63, 3.8) is 0 Å². The zero-order chi connectivity index (χ0) is 18.7. The van der Waals surface area contributed by atoms with Gasteiger partial charge in [0.2, 0.25) is 0 Å². The molecule has 0 spiro atoms. The number of carbonyl (C=O) groups excluding carboxylic acids is 1. The summed E-state index contributed by atoms with van der Waals surface area (Å²) in [4.78, 5) is 12.6. The van der Waals surface area contributed by atoms with Gasteiger partial charge in [0.1, 0.15) is 5.75 Å². The summed E-state index contributed by atoms with van der Waals surface area (Å²) in [6, 6.07) is 6.18. The molecule has 0 aliphatic rings. The summed E-state index contributed by atoms with van der Waals surface area (Å²) in [5.41, 5.74) is 2.16. The first kappa shape index (κ1) is 20.5. The fourth-order valence-electron chi connectivity index (χ4n) is 3.27. The average molecular weight is 334 g/mol. The molecular weight excluding hydrogens is 298 g/mol. The molecule has 1 N–H and O–H groups in total. The van der Waals surface area contributed by atoms with Crippen molar-refractivity contribution in [2.24, 2.45) is 5.41 Å². The molecule has 1 aromatic rings. The van der Waals surface area contributed by atoms with E-state index in [1.807, 2.05) is 19.9 Å². The summed E-state index contributed by atoms with van der Waals surface area (Å²) in [5.74, 6) is 1.09. The fourth-order valence-corrected chi connectivity index (χ4v) is 3.27. The van der Waals surface area contributed by atoms with E-state index in [4.69, 9.17) is 4.74 Å². The third-order valence-corrected chi connectivity index (χ3v) is 3.90. The highest BCUT2D eigenvalue weighted by atomic mass is 16.5. The Bertz CT molecular complexity index is 568. The topological polar surface area (TPSA) is 38.3 Å². The number of carbonyl (C=O) groups is 1. The molecule has 0 aromatic heterocycles. The van der Waals surface area contributed by atoms with Gasteiger partial charge in [-0.1, -0.05) is 46.8 Å². The second kappa shape index (κ2) is 7.58. The second-order valence-corrected chi connectivity index (χ2v) is 9.07. The molecule has 1 rings (SSSR count). The van der Waals surface area contributed by atoms with Crippen LogP contribution < -0.4 is 10.1 Å². The average Bonchev–Trinajstić information content (AvgIpc) is 2.34. The molecule has 1 aromatic carbocycles. The van der Waals surface area contributed by atoms with E-state index in [-0.39, 0.29) is 16.9 Å². The summed E-state index contributed by atoms with van der Waals surface area (Å²) in [5, 5.41) is 3.13. The van der Waals surface area contributed by atoms with Gasteiger partial charge in [-0.25, -0.2) is 0 Å². The zero-order valence-electron chi connectivity index (χ0n) is 16.9. The number of amides is 1. The van der Waals surface area contributed by atoms with Crippen LogP contribution in [0.5, 0.6) is 5.75 Å². The normalized spacial score (nSPS) is 13.8. The van der Waals surface area contributed by atoms with Crippen LogP contribution in [0.2, 0.25) is 0 Å². The van der Waals surface area contributed by atoms with Gasteiger partial charge >= 0.3 is 0 Å². The second-order valence-electron chi connectivity index (χ2n) is 9.07. The Labute approximate surface area is 148 Å². The third kappa shape index (κ3) is 6.54. The Balaban J connectivity index is 2.83. The maximum atomic E-state index is 12.6. The van der Waals surface area contributed by atoms with Gasteiger partial charge < -0.3 is 10.1 Å². The molecule has 0 fully saturated rings. The van der Waals surface area contributed by atoms with Crippen molar-refractivity contribution in [2.75, 3.05) is 0 Å². The monoisotopic (exact) mass is 333 g/mol. The highest BCUT2D eigenvalue weighted by Crippen LogP contribution is 2.29. The van der Waals surface area contributed by atoms with Crippen LogP contribution in [0.25, 0.3) is 0 Å². The van der Waals surface area contributed by atoms with E-state index in [0.717, 1.165) is 23.3 Å². The predicted octanol–water partition coefficient (Wildman–Crippen LogP) is 5.22. The highest BCUT2D eigenvalue weighted by Gasteiger charge is 2.29. The summed E-state index contributed by atoms with van der Waals surface area (Å²) in [6.45, 7) is 18.8. The van der Waals surface area contributed by atoms with Gasteiger partial charge in [-0.2, -0.15) is 0 Å². The number of hydrogen-bond donors (Lipinski definition) is 1. The Morgan fingerprint density at radius 3 is 2.21 bits per heavy atom. The molecule has 0 saturated carbocycles. The fraction of sp³-hybridized carbons (Fsp3) is 0.667. The lowest BCUT2D eigenvalue weighted by Gasteiger charge is -2.34. The van der Waals surface area contributed by atoms with Gasteiger partial charge in [0.25, 0.3) is 5.91 Å². The van der Waals surface area contributed by atoms with Gasteiger partial charge in [-0.15, -0.1) is 0 Å². The molecule has 0 unspecified atom stereocenters. The quantitative estimate of drug-likeness (QED) is 0.775. The van der Waals surface area contributed by atoms with Gasteiger partial charge in [-0.05, 0) is 62.6 Å². The summed E-state index contributed by atoms with van der Waals surface area (Å²) >= 11 is 0. The van der Waals surface area contributed by atoms with Crippen molar-refractivity contribution in [1.82, 2.24) is 5.32 Å². The third-order valence-electron chi connectivity index (χ3n) is 3.90. The summed E-state index contributed by atoms with van der Waals surface area (Å²) in [7, 11) is 0. The molecule has 1 atom stereocenters. The highest BCUT2D eigenvalue weighted by molar-refractivity contribution is 5.81. The summed E-state index contributed by atoms with van der Waals surface area (Å²) in [6.07, 6.45) is 0.378. The van der Waals surface area contributed by atoms with Crippen molar-refractivity contribution < 1.29 is 9.53 Å². The maximum Gasteiger partial charge on any atom is 0.261 e. The zero-order valence-corrected chi connectivity index (χ0v) is 16.9. The smallest absolute Gasteiger partial charge is 0.261 e. The van der Waals surface area contributed by atoms with Gasteiger partial charge in [0, 0.05) is 5.54 Å². The van der Waals surface area contributed by atoms with Crippen molar-refractivity contribution in [2.45, 2.75) is 86.3 Å². The molecule has 1 amide bonds. The first-order chi connectivity index (χ1) is 10.8. The number of rotatable bonds is 6. The molecule has 0 aliphatic carbocycles. The minimum Gasteiger partial charge on any atom is -0.481 e. The lowest BCUT2D eigenvalue weighted by atomic mass is 9.81. The van der Waals surface area contributed by atoms with Crippen LogP contribution in [-0.4, -0.2) is 17.6 Å². The van der Waals surface area contributed by atoms with E-state index in [1.54, 1.807) is 0 Å². The van der Waals surface area contributed by atoms with E-state index >= 15 is 0 Å². The number of aryl methyl sites for hydroxylation is 1. The SMILES string of the molecule is Cc1ccc(C(C)C)c(O[C@H](C)C(=O)NC(C)(C)CC(C)(C)C)c1.